The minimum absolute atomic E-state index is 0.253. The van der Waals surface area contributed by atoms with E-state index in [0.29, 0.717) is 32.8 Å². The molecule has 0 radical (unpaired) electrons. The van der Waals surface area contributed by atoms with Crippen LogP contribution in [0.3, 0.4) is 0 Å². The topological polar surface area (TPSA) is 41.9 Å². The molecule has 3 aromatic carbocycles. The van der Waals surface area contributed by atoms with E-state index in [4.69, 9.17) is 27.9 Å². The molecule has 0 N–H and O–H groups in total. The number of ether oxygens (including phenoxy) is 1. The lowest BCUT2D eigenvalue weighted by molar-refractivity contribution is -0.114. The first-order chi connectivity index (χ1) is 14.0. The zero-order valence-electron chi connectivity index (χ0n) is 15.5. The number of nitrogens with zero attached hydrogens (tertiary/aromatic N) is 2. The second kappa shape index (κ2) is 8.11. The van der Waals surface area contributed by atoms with E-state index >= 15 is 0 Å². The Morgan fingerprint density at radius 3 is 2.34 bits per heavy atom. The van der Waals surface area contributed by atoms with Crippen LogP contribution in [0.2, 0.25) is 10.0 Å². The summed E-state index contributed by atoms with van der Waals surface area (Å²) in [6.45, 7) is 1.79. The Morgan fingerprint density at radius 1 is 0.931 bits per heavy atom. The quantitative estimate of drug-likeness (QED) is 0.444. The number of carbonyl (C=O) groups excluding carboxylic acids is 1. The average Bonchev–Trinajstić information content (AvgIpc) is 3.00. The van der Waals surface area contributed by atoms with Crippen LogP contribution in [-0.2, 0) is 4.79 Å². The van der Waals surface area contributed by atoms with Crippen molar-refractivity contribution in [1.82, 2.24) is 0 Å². The molecule has 29 heavy (non-hydrogen) atoms. The van der Waals surface area contributed by atoms with Crippen LogP contribution in [0.15, 0.2) is 83.5 Å². The molecular weight excluding hydrogens is 407 g/mol. The first kappa shape index (κ1) is 19.2. The molecule has 4 nitrogen and oxygen atoms in total. The predicted molar refractivity (Wildman–Crippen MR) is 118 cm³/mol. The summed E-state index contributed by atoms with van der Waals surface area (Å²) in [7, 11) is 0. The van der Waals surface area contributed by atoms with Crippen LogP contribution in [0.4, 0.5) is 5.69 Å². The summed E-state index contributed by atoms with van der Waals surface area (Å²) in [6, 6.07) is 22.0. The Hall–Kier alpha value is -3.08. The number of anilines is 1. The van der Waals surface area contributed by atoms with Gasteiger partial charge in [-0.05, 0) is 61.0 Å². The van der Waals surface area contributed by atoms with Crippen molar-refractivity contribution >= 4 is 46.6 Å². The van der Waals surface area contributed by atoms with E-state index in [1.807, 2.05) is 54.6 Å². The monoisotopic (exact) mass is 422 g/mol. The highest BCUT2D eigenvalue weighted by atomic mass is 35.5. The van der Waals surface area contributed by atoms with E-state index < -0.39 is 0 Å². The summed E-state index contributed by atoms with van der Waals surface area (Å²) >= 11 is 12.3. The molecule has 0 spiro atoms. The molecule has 0 atom stereocenters. The van der Waals surface area contributed by atoms with E-state index in [1.54, 1.807) is 31.2 Å². The molecule has 0 unspecified atom stereocenters. The highest BCUT2D eigenvalue weighted by molar-refractivity contribution is 6.38. The predicted octanol–water partition coefficient (Wildman–Crippen LogP) is 6.59. The zero-order chi connectivity index (χ0) is 20.4. The SMILES string of the molecule is CC1=NN(c2cc(Cl)ccc2Cl)C(=O)C1=Cc1ccc(Oc2ccccc2)cc1. The highest BCUT2D eigenvalue weighted by Gasteiger charge is 2.30. The van der Waals surface area contributed by atoms with Gasteiger partial charge >= 0.3 is 0 Å². The van der Waals surface area contributed by atoms with Gasteiger partial charge in [-0.1, -0.05) is 53.5 Å². The number of carbonyl (C=O) groups is 1. The zero-order valence-corrected chi connectivity index (χ0v) is 17.0. The maximum Gasteiger partial charge on any atom is 0.280 e. The summed E-state index contributed by atoms with van der Waals surface area (Å²) in [4.78, 5) is 12.9. The number of hydrogen-bond donors (Lipinski definition) is 0. The molecule has 0 aliphatic carbocycles. The third-order valence-corrected chi connectivity index (χ3v) is 4.92. The van der Waals surface area contributed by atoms with Gasteiger partial charge in [-0.2, -0.15) is 10.1 Å². The highest BCUT2D eigenvalue weighted by Crippen LogP contribution is 2.33. The van der Waals surface area contributed by atoms with Crippen molar-refractivity contribution in [3.05, 3.63) is 94.0 Å². The minimum Gasteiger partial charge on any atom is -0.457 e. The molecule has 3 aromatic rings. The number of hydrazone groups is 1. The van der Waals surface area contributed by atoms with Crippen LogP contribution in [0, 0.1) is 0 Å². The first-order valence-corrected chi connectivity index (χ1v) is 9.66. The molecular formula is C23H16Cl2N2O2. The molecule has 4 rings (SSSR count). The van der Waals surface area contributed by atoms with Crippen LogP contribution in [-0.4, -0.2) is 11.6 Å². The standard InChI is InChI=1S/C23H16Cl2N2O2/c1-15-20(23(28)27(26-15)22-14-17(24)9-12-21(22)25)13-16-7-10-19(11-8-16)29-18-5-3-2-4-6-18/h2-14H,1H3. The van der Waals surface area contributed by atoms with E-state index in [9.17, 15) is 4.79 Å². The Labute approximate surface area is 178 Å². The van der Waals surface area contributed by atoms with Crippen molar-refractivity contribution in [3.63, 3.8) is 0 Å². The van der Waals surface area contributed by atoms with Gasteiger partial charge in [-0.25, -0.2) is 0 Å². The van der Waals surface area contributed by atoms with E-state index in [1.165, 1.54) is 5.01 Å². The number of halogens is 2. The fraction of sp³-hybridized carbons (Fsp3) is 0.0435. The van der Waals surface area contributed by atoms with Gasteiger partial charge in [0.2, 0.25) is 0 Å². The molecule has 1 aliphatic rings. The normalized spacial score (nSPS) is 15.0. The van der Waals surface area contributed by atoms with Gasteiger partial charge in [0.25, 0.3) is 5.91 Å². The summed E-state index contributed by atoms with van der Waals surface area (Å²) in [5.41, 5.74) is 2.43. The maximum absolute atomic E-state index is 12.9. The van der Waals surface area contributed by atoms with Gasteiger partial charge in [0.05, 0.1) is 22.0 Å². The van der Waals surface area contributed by atoms with E-state index in [0.717, 1.165) is 11.3 Å². The van der Waals surface area contributed by atoms with Gasteiger partial charge in [-0.15, -0.1) is 0 Å². The fourth-order valence-electron chi connectivity index (χ4n) is 2.92. The van der Waals surface area contributed by atoms with Crippen molar-refractivity contribution in [3.8, 4) is 11.5 Å². The van der Waals surface area contributed by atoms with Gasteiger partial charge < -0.3 is 4.74 Å². The Kier molecular flexibility index (Phi) is 5.38. The molecule has 6 heteroatoms. The number of rotatable bonds is 4. The van der Waals surface area contributed by atoms with Gasteiger partial charge in [0.1, 0.15) is 11.5 Å². The molecule has 144 valence electrons. The second-order valence-electron chi connectivity index (χ2n) is 6.44. The van der Waals surface area contributed by atoms with Crippen LogP contribution >= 0.6 is 23.2 Å². The van der Waals surface area contributed by atoms with Gasteiger partial charge in [0, 0.05) is 5.02 Å². The third-order valence-electron chi connectivity index (χ3n) is 4.37. The lowest BCUT2D eigenvalue weighted by Gasteiger charge is -2.13. The minimum atomic E-state index is -0.253. The van der Waals surface area contributed by atoms with Crippen LogP contribution in [0.25, 0.3) is 6.08 Å². The number of hydrogen-bond acceptors (Lipinski definition) is 3. The molecule has 1 heterocycles. The number of amides is 1. The Morgan fingerprint density at radius 2 is 1.62 bits per heavy atom. The second-order valence-corrected chi connectivity index (χ2v) is 7.28. The molecule has 0 saturated carbocycles. The lowest BCUT2D eigenvalue weighted by Crippen LogP contribution is -2.21. The maximum atomic E-state index is 12.9. The average molecular weight is 423 g/mol. The third kappa shape index (κ3) is 4.19. The molecule has 1 aliphatic heterocycles. The van der Waals surface area contributed by atoms with Crippen molar-refractivity contribution in [1.29, 1.82) is 0 Å². The smallest absolute Gasteiger partial charge is 0.280 e. The van der Waals surface area contributed by atoms with E-state index in [-0.39, 0.29) is 5.91 Å². The van der Waals surface area contributed by atoms with Crippen molar-refractivity contribution in [2.45, 2.75) is 6.92 Å². The summed E-state index contributed by atoms with van der Waals surface area (Å²) < 4.78 is 5.80. The first-order valence-electron chi connectivity index (χ1n) is 8.91. The largest absolute Gasteiger partial charge is 0.457 e. The molecule has 0 saturated heterocycles. The molecule has 1 amide bonds. The van der Waals surface area contributed by atoms with E-state index in [2.05, 4.69) is 5.10 Å². The summed E-state index contributed by atoms with van der Waals surface area (Å²) in [5.74, 6) is 1.23. The van der Waals surface area contributed by atoms with Gasteiger partial charge in [0.15, 0.2) is 0 Å². The van der Waals surface area contributed by atoms with Gasteiger partial charge in [-0.3, -0.25) is 4.79 Å². The lowest BCUT2D eigenvalue weighted by atomic mass is 10.1. The van der Waals surface area contributed by atoms with Crippen molar-refractivity contribution in [2.24, 2.45) is 5.10 Å². The van der Waals surface area contributed by atoms with Crippen LogP contribution in [0.1, 0.15) is 12.5 Å². The fourth-order valence-corrected chi connectivity index (χ4v) is 3.28. The van der Waals surface area contributed by atoms with Crippen molar-refractivity contribution < 1.29 is 9.53 Å². The Balaban J connectivity index is 1.56. The van der Waals surface area contributed by atoms with Crippen LogP contribution < -0.4 is 9.75 Å². The summed E-state index contributed by atoms with van der Waals surface area (Å²) in [6.07, 6.45) is 1.80. The van der Waals surface area contributed by atoms with Crippen molar-refractivity contribution in [2.75, 3.05) is 5.01 Å². The number of benzene rings is 3. The molecule has 0 aromatic heterocycles. The summed E-state index contributed by atoms with van der Waals surface area (Å²) in [5, 5.41) is 6.53. The Bertz CT molecular complexity index is 1120. The molecule has 0 fully saturated rings. The molecule has 0 bridgehead atoms. The number of para-hydroxylation sites is 1. The van der Waals surface area contributed by atoms with Crippen LogP contribution in [0.5, 0.6) is 11.5 Å².